The van der Waals surface area contributed by atoms with Gasteiger partial charge >= 0.3 is 5.97 Å². The lowest BCUT2D eigenvalue weighted by molar-refractivity contribution is -0.386. The van der Waals surface area contributed by atoms with Crippen LogP contribution in [-0.2, 0) is 16.0 Å². The van der Waals surface area contributed by atoms with Gasteiger partial charge in [-0.05, 0) is 29.5 Å². The molecule has 104 valence electrons. The number of ether oxygens (including phenoxy) is 1. The summed E-state index contributed by atoms with van der Waals surface area (Å²) < 4.78 is 29.9. The number of halogens is 3. The predicted molar refractivity (Wildman–Crippen MR) is 68.9 cm³/mol. The SMILES string of the molecule is CCOC(=O)Cc1cc([N+](=O)[O-])c(C(F)F)c(I)n1. The van der Waals surface area contributed by atoms with Crippen molar-refractivity contribution in [3.63, 3.8) is 0 Å². The van der Waals surface area contributed by atoms with E-state index in [0.29, 0.717) is 0 Å². The van der Waals surface area contributed by atoms with Gasteiger partial charge in [-0.2, -0.15) is 0 Å². The van der Waals surface area contributed by atoms with E-state index in [9.17, 15) is 23.7 Å². The molecule has 1 heterocycles. The van der Waals surface area contributed by atoms with Crippen LogP contribution in [0.25, 0.3) is 0 Å². The minimum atomic E-state index is -3.00. The molecule has 0 amide bonds. The van der Waals surface area contributed by atoms with Crippen LogP contribution in [0.5, 0.6) is 0 Å². The van der Waals surface area contributed by atoms with Crippen LogP contribution in [0.2, 0.25) is 0 Å². The fraction of sp³-hybridized carbons (Fsp3) is 0.400. The third-order valence-corrected chi connectivity index (χ3v) is 2.91. The number of nitrogens with zero attached hydrogens (tertiary/aromatic N) is 2. The second-order valence-corrected chi connectivity index (χ2v) is 4.40. The molecule has 19 heavy (non-hydrogen) atoms. The maximum atomic E-state index is 12.7. The van der Waals surface area contributed by atoms with E-state index in [1.165, 1.54) is 22.6 Å². The Morgan fingerprint density at radius 3 is 2.74 bits per heavy atom. The van der Waals surface area contributed by atoms with Crippen LogP contribution < -0.4 is 0 Å². The first-order chi connectivity index (χ1) is 8.86. The summed E-state index contributed by atoms with van der Waals surface area (Å²) in [6.07, 6.45) is -3.30. The lowest BCUT2D eigenvalue weighted by Gasteiger charge is -2.07. The standard InChI is InChI=1S/C10H9F2IN2O4/c1-2-19-7(16)4-5-3-6(15(17)18)8(9(11)12)10(13)14-5/h3,9H,2,4H2,1H3. The molecule has 0 bridgehead atoms. The molecule has 0 atom stereocenters. The first kappa shape index (κ1) is 15.7. The van der Waals surface area contributed by atoms with Crippen LogP contribution in [0.3, 0.4) is 0 Å². The van der Waals surface area contributed by atoms with Crippen molar-refractivity contribution in [2.75, 3.05) is 6.61 Å². The van der Waals surface area contributed by atoms with Gasteiger partial charge in [0.05, 0.1) is 23.6 Å². The van der Waals surface area contributed by atoms with Gasteiger partial charge in [0.25, 0.3) is 12.1 Å². The van der Waals surface area contributed by atoms with E-state index in [4.69, 9.17) is 0 Å². The number of alkyl halides is 2. The average molecular weight is 386 g/mol. The Labute approximate surface area is 120 Å². The van der Waals surface area contributed by atoms with Crippen molar-refractivity contribution in [3.05, 3.63) is 31.1 Å². The summed E-state index contributed by atoms with van der Waals surface area (Å²) in [6.45, 7) is 1.77. The first-order valence-corrected chi connectivity index (χ1v) is 6.22. The number of pyridine rings is 1. The van der Waals surface area contributed by atoms with E-state index in [1.54, 1.807) is 6.92 Å². The number of nitro groups is 1. The van der Waals surface area contributed by atoms with Gasteiger partial charge in [0.1, 0.15) is 9.26 Å². The molecule has 9 heteroatoms. The second-order valence-electron chi connectivity index (χ2n) is 3.38. The number of carbonyl (C=O) groups is 1. The Morgan fingerprint density at radius 1 is 1.63 bits per heavy atom. The van der Waals surface area contributed by atoms with Crippen LogP contribution in [0, 0.1) is 13.8 Å². The quantitative estimate of drug-likeness (QED) is 0.256. The van der Waals surface area contributed by atoms with E-state index in [-0.39, 0.29) is 22.4 Å². The zero-order valence-electron chi connectivity index (χ0n) is 9.73. The molecule has 1 rings (SSSR count). The Kier molecular flexibility index (Phi) is 5.51. The van der Waals surface area contributed by atoms with Crippen molar-refractivity contribution in [1.82, 2.24) is 4.98 Å². The van der Waals surface area contributed by atoms with E-state index in [1.807, 2.05) is 0 Å². The maximum Gasteiger partial charge on any atom is 0.311 e. The number of esters is 1. The van der Waals surface area contributed by atoms with Gasteiger partial charge in [-0.3, -0.25) is 14.9 Å². The third kappa shape index (κ3) is 4.04. The highest BCUT2D eigenvalue weighted by molar-refractivity contribution is 14.1. The minimum absolute atomic E-state index is 0.0268. The average Bonchev–Trinajstić information content (AvgIpc) is 2.27. The summed E-state index contributed by atoms with van der Waals surface area (Å²) >= 11 is 1.48. The van der Waals surface area contributed by atoms with Crippen LogP contribution in [0.1, 0.15) is 24.6 Å². The molecular weight excluding hydrogens is 377 g/mol. The van der Waals surface area contributed by atoms with Crippen molar-refractivity contribution in [2.24, 2.45) is 0 Å². The number of rotatable bonds is 5. The highest BCUT2D eigenvalue weighted by Gasteiger charge is 2.27. The number of carbonyl (C=O) groups excluding carboxylic acids is 1. The normalized spacial score (nSPS) is 10.6. The molecule has 1 aromatic heterocycles. The molecule has 1 aromatic rings. The maximum absolute atomic E-state index is 12.7. The molecule has 0 fully saturated rings. The van der Waals surface area contributed by atoms with Crippen LogP contribution >= 0.6 is 22.6 Å². The summed E-state index contributed by atoms with van der Waals surface area (Å²) in [5.41, 5.74) is -1.45. The molecule has 0 aliphatic rings. The van der Waals surface area contributed by atoms with Gasteiger partial charge in [-0.15, -0.1) is 0 Å². The summed E-state index contributed by atoms with van der Waals surface area (Å²) in [6, 6.07) is 0.876. The predicted octanol–water partition coefficient (Wildman–Crippen LogP) is 2.64. The summed E-state index contributed by atoms with van der Waals surface area (Å²) in [4.78, 5) is 24.9. The van der Waals surface area contributed by atoms with Crippen molar-refractivity contribution in [1.29, 1.82) is 0 Å². The van der Waals surface area contributed by atoms with E-state index < -0.39 is 28.6 Å². The third-order valence-electron chi connectivity index (χ3n) is 2.09. The van der Waals surface area contributed by atoms with Crippen molar-refractivity contribution in [3.8, 4) is 0 Å². The monoisotopic (exact) mass is 386 g/mol. The lowest BCUT2D eigenvalue weighted by atomic mass is 10.2. The first-order valence-electron chi connectivity index (χ1n) is 5.14. The molecule has 0 aliphatic heterocycles. The molecule has 0 saturated carbocycles. The van der Waals surface area contributed by atoms with Gasteiger partial charge in [-0.25, -0.2) is 13.8 Å². The fourth-order valence-electron chi connectivity index (χ4n) is 1.36. The Balaban J connectivity index is 3.17. The van der Waals surface area contributed by atoms with Crippen LogP contribution in [0.4, 0.5) is 14.5 Å². The van der Waals surface area contributed by atoms with E-state index >= 15 is 0 Å². The van der Waals surface area contributed by atoms with Crippen LogP contribution in [-0.4, -0.2) is 22.5 Å². The number of hydrogen-bond acceptors (Lipinski definition) is 5. The highest BCUT2D eigenvalue weighted by Crippen LogP contribution is 2.32. The van der Waals surface area contributed by atoms with Gasteiger partial charge in [0.15, 0.2) is 0 Å². The molecule has 0 spiro atoms. The van der Waals surface area contributed by atoms with Gasteiger partial charge in [0, 0.05) is 6.07 Å². The minimum Gasteiger partial charge on any atom is -0.466 e. The zero-order valence-corrected chi connectivity index (χ0v) is 11.9. The van der Waals surface area contributed by atoms with Crippen LogP contribution in [0.15, 0.2) is 6.07 Å². The molecular formula is C10H9F2IN2O4. The molecule has 0 aromatic carbocycles. The zero-order chi connectivity index (χ0) is 14.6. The topological polar surface area (TPSA) is 82.3 Å². The van der Waals surface area contributed by atoms with E-state index in [0.717, 1.165) is 6.07 Å². The Morgan fingerprint density at radius 2 is 2.26 bits per heavy atom. The van der Waals surface area contributed by atoms with E-state index in [2.05, 4.69) is 9.72 Å². The fourth-order valence-corrected chi connectivity index (χ4v) is 2.18. The lowest BCUT2D eigenvalue weighted by Crippen LogP contribution is -2.11. The van der Waals surface area contributed by atoms with Crippen molar-refractivity contribution < 1.29 is 23.2 Å². The Bertz CT molecular complexity index is 511. The number of hydrogen-bond donors (Lipinski definition) is 0. The molecule has 0 aliphatic carbocycles. The van der Waals surface area contributed by atoms with Crippen molar-refractivity contribution in [2.45, 2.75) is 19.8 Å². The molecule has 0 saturated heterocycles. The summed E-state index contributed by atoms with van der Waals surface area (Å²) in [7, 11) is 0. The molecule has 0 N–H and O–H groups in total. The summed E-state index contributed by atoms with van der Waals surface area (Å²) in [5.74, 6) is -0.620. The Hall–Kier alpha value is -1.39. The van der Waals surface area contributed by atoms with Gasteiger partial charge in [-0.1, -0.05) is 0 Å². The smallest absolute Gasteiger partial charge is 0.311 e. The van der Waals surface area contributed by atoms with Gasteiger partial charge < -0.3 is 4.74 Å². The highest BCUT2D eigenvalue weighted by atomic mass is 127. The number of aromatic nitrogens is 1. The molecule has 0 radical (unpaired) electrons. The molecule has 6 nitrogen and oxygen atoms in total. The second kappa shape index (κ2) is 6.68. The van der Waals surface area contributed by atoms with Gasteiger partial charge in [0.2, 0.25) is 0 Å². The van der Waals surface area contributed by atoms with Crippen molar-refractivity contribution >= 4 is 34.2 Å². The summed E-state index contributed by atoms with van der Waals surface area (Å²) in [5, 5.41) is 10.8. The molecule has 0 unspecified atom stereocenters. The largest absolute Gasteiger partial charge is 0.466 e.